The average Bonchev–Trinajstić information content (AvgIpc) is 2.19. The molecule has 1 aromatic carbocycles. The molecule has 3 nitrogen and oxygen atoms in total. The molecular formula is C9H6Cl5NO2. The predicted octanol–water partition coefficient (Wildman–Crippen LogP) is 3.81. The fourth-order valence-corrected chi connectivity index (χ4v) is 1.73. The summed E-state index contributed by atoms with van der Waals surface area (Å²) in [6.07, 6.45) is -0.806. The number of halogens is 5. The molecule has 0 aliphatic heterocycles. The lowest BCUT2D eigenvalue weighted by Gasteiger charge is -2.24. The van der Waals surface area contributed by atoms with Gasteiger partial charge >= 0.3 is 0 Å². The molecule has 0 aliphatic rings. The Bertz CT molecular complexity index is 407. The number of carbonyl (C=O) groups excluding carboxylic acids is 1. The summed E-state index contributed by atoms with van der Waals surface area (Å²) >= 11 is 28.5. The molecule has 0 aliphatic carbocycles. The lowest BCUT2D eigenvalue weighted by molar-refractivity contribution is -0.111. The fraction of sp³-hybridized carbons (Fsp3) is 0.222. The molecule has 0 bridgehead atoms. The summed E-state index contributed by atoms with van der Waals surface area (Å²) in [5.74, 6) is 0.238. The molecule has 0 saturated heterocycles. The maximum atomic E-state index is 10.4. The Labute approximate surface area is 123 Å². The zero-order valence-electron chi connectivity index (χ0n) is 8.09. The molecule has 1 amide bonds. The van der Waals surface area contributed by atoms with Gasteiger partial charge < -0.3 is 10.1 Å². The first-order valence-corrected chi connectivity index (χ1v) is 6.11. The predicted molar refractivity (Wildman–Crippen MR) is 70.4 cm³/mol. The number of hydrogen-bond donors (Lipinski definition) is 1. The van der Waals surface area contributed by atoms with Gasteiger partial charge in [0.15, 0.2) is 0 Å². The summed E-state index contributed by atoms with van der Waals surface area (Å²) in [6, 6.07) is 4.52. The number of amides is 1. The van der Waals surface area contributed by atoms with E-state index in [0.29, 0.717) is 11.4 Å². The Morgan fingerprint density at radius 3 is 2.41 bits per heavy atom. The van der Waals surface area contributed by atoms with E-state index in [4.69, 9.17) is 62.7 Å². The van der Waals surface area contributed by atoms with Crippen molar-refractivity contribution in [1.29, 1.82) is 0 Å². The minimum atomic E-state index is -1.83. The van der Waals surface area contributed by atoms with E-state index < -0.39 is 10.0 Å². The van der Waals surface area contributed by atoms with Gasteiger partial charge in [0.1, 0.15) is 5.75 Å². The van der Waals surface area contributed by atoms with Gasteiger partial charge in [-0.3, -0.25) is 4.79 Å². The number of nitrogens with one attached hydrogen (secondary N) is 1. The van der Waals surface area contributed by atoms with Crippen molar-refractivity contribution in [2.45, 2.75) is 10.0 Å². The third kappa shape index (κ3) is 4.60. The highest BCUT2D eigenvalue weighted by molar-refractivity contribution is 6.68. The molecule has 0 fully saturated rings. The Morgan fingerprint density at radius 1 is 1.29 bits per heavy atom. The van der Waals surface area contributed by atoms with Crippen LogP contribution < -0.4 is 10.1 Å². The summed E-state index contributed by atoms with van der Waals surface area (Å²) < 4.78 is 3.45. The lowest BCUT2D eigenvalue weighted by Crippen LogP contribution is -2.44. The second-order valence-corrected chi connectivity index (χ2v) is 6.11. The second kappa shape index (κ2) is 6.21. The van der Waals surface area contributed by atoms with Gasteiger partial charge in [0, 0.05) is 5.02 Å². The molecule has 1 atom stereocenters. The molecule has 1 unspecified atom stereocenters. The van der Waals surface area contributed by atoms with E-state index in [9.17, 15) is 4.79 Å². The monoisotopic (exact) mass is 335 g/mol. The normalized spacial score (nSPS) is 13.0. The highest BCUT2D eigenvalue weighted by atomic mass is 35.6. The maximum absolute atomic E-state index is 10.4. The van der Waals surface area contributed by atoms with Gasteiger partial charge in [-0.1, -0.05) is 58.0 Å². The number of carbonyl (C=O) groups is 1. The number of benzene rings is 1. The summed E-state index contributed by atoms with van der Waals surface area (Å²) in [5, 5.41) is 2.90. The first kappa shape index (κ1) is 15.0. The van der Waals surface area contributed by atoms with Gasteiger partial charge in [-0.25, -0.2) is 0 Å². The Kier molecular flexibility index (Phi) is 5.48. The molecule has 1 N–H and O–H groups in total. The average molecular weight is 337 g/mol. The first-order valence-electron chi connectivity index (χ1n) is 4.22. The highest BCUT2D eigenvalue weighted by Crippen LogP contribution is 2.34. The second-order valence-electron chi connectivity index (χ2n) is 2.90. The van der Waals surface area contributed by atoms with Crippen LogP contribution in [-0.4, -0.2) is 16.4 Å². The Morgan fingerprint density at radius 2 is 1.94 bits per heavy atom. The van der Waals surface area contributed by atoms with Crippen LogP contribution in [0.25, 0.3) is 0 Å². The highest BCUT2D eigenvalue weighted by Gasteiger charge is 2.34. The van der Waals surface area contributed by atoms with Crippen LogP contribution in [0.3, 0.4) is 0 Å². The zero-order chi connectivity index (χ0) is 13.1. The molecule has 0 heterocycles. The van der Waals surface area contributed by atoms with Crippen molar-refractivity contribution < 1.29 is 9.53 Å². The van der Waals surface area contributed by atoms with E-state index in [1.54, 1.807) is 6.07 Å². The number of alkyl halides is 3. The molecule has 8 heteroatoms. The van der Waals surface area contributed by atoms with Crippen molar-refractivity contribution in [3.8, 4) is 5.75 Å². The molecule has 94 valence electrons. The van der Waals surface area contributed by atoms with Gasteiger partial charge in [-0.2, -0.15) is 0 Å². The van der Waals surface area contributed by atoms with Crippen LogP contribution in [-0.2, 0) is 4.79 Å². The van der Waals surface area contributed by atoms with E-state index in [-0.39, 0.29) is 10.8 Å². The largest absolute Gasteiger partial charge is 0.464 e. The van der Waals surface area contributed by atoms with Gasteiger partial charge in [-0.05, 0) is 18.2 Å². The molecular weight excluding hydrogens is 331 g/mol. The topological polar surface area (TPSA) is 38.3 Å². The number of hydrogen-bond acceptors (Lipinski definition) is 2. The Hall–Kier alpha value is -0.0600. The minimum Gasteiger partial charge on any atom is -0.464 e. The molecule has 0 aromatic heterocycles. The van der Waals surface area contributed by atoms with Crippen LogP contribution in [0, 0.1) is 0 Å². The van der Waals surface area contributed by atoms with Gasteiger partial charge in [0.25, 0.3) is 0 Å². The van der Waals surface area contributed by atoms with E-state index in [1.807, 2.05) is 0 Å². The van der Waals surface area contributed by atoms with Crippen LogP contribution in [0.15, 0.2) is 18.2 Å². The smallest absolute Gasteiger partial charge is 0.246 e. The maximum Gasteiger partial charge on any atom is 0.246 e. The lowest BCUT2D eigenvalue weighted by atomic mass is 10.3. The van der Waals surface area contributed by atoms with E-state index in [1.165, 1.54) is 12.1 Å². The summed E-state index contributed by atoms with van der Waals surface area (Å²) in [7, 11) is 0. The van der Waals surface area contributed by atoms with Crippen molar-refractivity contribution in [2.75, 3.05) is 0 Å². The van der Waals surface area contributed by atoms with Crippen LogP contribution in [0.5, 0.6) is 5.75 Å². The molecule has 0 spiro atoms. The minimum absolute atomic E-state index is 0.238. The standard InChI is InChI=1S/C9H6Cl5NO2/c10-5-1-2-7(6(11)3-5)17-8(15-4-16)9(12,13)14/h1-4,8H,(H,15,16). The zero-order valence-corrected chi connectivity index (χ0v) is 11.9. The van der Waals surface area contributed by atoms with Crippen molar-refractivity contribution in [2.24, 2.45) is 0 Å². The molecule has 1 rings (SSSR count). The SMILES string of the molecule is O=CNC(Oc1ccc(Cl)cc1Cl)C(Cl)(Cl)Cl. The van der Waals surface area contributed by atoms with Gasteiger partial charge in [0.05, 0.1) is 5.02 Å². The molecule has 17 heavy (non-hydrogen) atoms. The first-order chi connectivity index (χ1) is 7.84. The Balaban J connectivity index is 2.90. The summed E-state index contributed by atoms with van der Waals surface area (Å²) in [4.78, 5) is 10.4. The van der Waals surface area contributed by atoms with Crippen molar-refractivity contribution >= 4 is 64.4 Å². The van der Waals surface area contributed by atoms with E-state index in [0.717, 1.165) is 0 Å². The van der Waals surface area contributed by atoms with Crippen LogP contribution >= 0.6 is 58.0 Å². The number of rotatable bonds is 4. The third-order valence-corrected chi connectivity index (χ3v) is 2.78. The van der Waals surface area contributed by atoms with Crippen LogP contribution in [0.4, 0.5) is 0 Å². The summed E-state index contributed by atoms with van der Waals surface area (Å²) in [6.45, 7) is 0. The molecule has 0 saturated carbocycles. The third-order valence-electron chi connectivity index (χ3n) is 1.66. The van der Waals surface area contributed by atoms with Crippen LogP contribution in [0.1, 0.15) is 0 Å². The van der Waals surface area contributed by atoms with Gasteiger partial charge in [-0.15, -0.1) is 0 Å². The van der Waals surface area contributed by atoms with Gasteiger partial charge in [0.2, 0.25) is 16.4 Å². The van der Waals surface area contributed by atoms with Crippen molar-refractivity contribution in [3.63, 3.8) is 0 Å². The van der Waals surface area contributed by atoms with Crippen LogP contribution in [0.2, 0.25) is 10.0 Å². The number of ether oxygens (including phenoxy) is 1. The molecule has 1 aromatic rings. The summed E-state index contributed by atoms with van der Waals surface area (Å²) in [5.41, 5.74) is 0. The van der Waals surface area contributed by atoms with Crippen molar-refractivity contribution in [3.05, 3.63) is 28.2 Å². The van der Waals surface area contributed by atoms with Crippen molar-refractivity contribution in [1.82, 2.24) is 5.32 Å². The quantitative estimate of drug-likeness (QED) is 0.515. The van der Waals surface area contributed by atoms with E-state index >= 15 is 0 Å². The molecule has 0 radical (unpaired) electrons. The van der Waals surface area contributed by atoms with E-state index in [2.05, 4.69) is 5.32 Å². The fourth-order valence-electron chi connectivity index (χ4n) is 0.955.